The van der Waals surface area contributed by atoms with E-state index >= 15 is 0 Å². The fourth-order valence-electron chi connectivity index (χ4n) is 1.36. The minimum atomic E-state index is -0.953. The van der Waals surface area contributed by atoms with Crippen LogP contribution in [-0.2, 0) is 0 Å². The zero-order valence-electron chi connectivity index (χ0n) is 9.25. The van der Waals surface area contributed by atoms with Crippen LogP contribution >= 0.6 is 0 Å². The van der Waals surface area contributed by atoms with Gasteiger partial charge in [-0.25, -0.2) is 9.78 Å². The van der Waals surface area contributed by atoms with Crippen LogP contribution in [0.1, 0.15) is 15.9 Å². The molecule has 0 saturated carbocycles. The predicted octanol–water partition coefficient (Wildman–Crippen LogP) is 2.88. The van der Waals surface area contributed by atoms with Crippen LogP contribution in [-0.4, -0.2) is 16.1 Å². The van der Waals surface area contributed by atoms with E-state index in [0.717, 1.165) is 5.56 Å². The van der Waals surface area contributed by atoms with E-state index in [-0.39, 0.29) is 5.56 Å². The molecule has 2 aromatic rings. The molecule has 0 atom stereocenters. The molecule has 0 amide bonds. The van der Waals surface area contributed by atoms with Gasteiger partial charge in [-0.15, -0.1) is 0 Å². The molecule has 1 heterocycles. The molecular formula is C13H11NO3. The molecule has 0 unspecified atom stereocenters. The number of carboxylic acid groups (broad SMARTS) is 1. The summed E-state index contributed by atoms with van der Waals surface area (Å²) in [6.07, 6.45) is 1.65. The van der Waals surface area contributed by atoms with E-state index < -0.39 is 5.97 Å². The number of nitrogens with zero attached hydrogens (tertiary/aromatic N) is 1. The van der Waals surface area contributed by atoms with Crippen LogP contribution in [0.2, 0.25) is 0 Å². The Balaban J connectivity index is 2.20. The van der Waals surface area contributed by atoms with Crippen molar-refractivity contribution in [3.05, 3.63) is 53.7 Å². The van der Waals surface area contributed by atoms with Gasteiger partial charge in [0.1, 0.15) is 5.75 Å². The molecule has 2 rings (SSSR count). The minimum Gasteiger partial charge on any atom is -0.478 e. The molecule has 4 nitrogen and oxygen atoms in total. The summed E-state index contributed by atoms with van der Waals surface area (Å²) in [5.41, 5.74) is 1.16. The number of pyridine rings is 1. The maximum absolute atomic E-state index is 10.7. The number of carboxylic acids is 1. The number of rotatable bonds is 3. The summed E-state index contributed by atoms with van der Waals surface area (Å²) in [7, 11) is 0. The maximum atomic E-state index is 10.7. The third-order valence-corrected chi connectivity index (χ3v) is 2.28. The van der Waals surface area contributed by atoms with Crippen LogP contribution in [0.3, 0.4) is 0 Å². The van der Waals surface area contributed by atoms with Crippen molar-refractivity contribution in [2.45, 2.75) is 6.92 Å². The summed E-state index contributed by atoms with van der Waals surface area (Å²) in [6.45, 7) is 1.90. The SMILES string of the molecule is Cc1cccnc1Oc1ccc(C(=O)O)cc1. The Kier molecular flexibility index (Phi) is 3.05. The van der Waals surface area contributed by atoms with Gasteiger partial charge >= 0.3 is 5.97 Å². The molecule has 0 fully saturated rings. The molecule has 0 bridgehead atoms. The van der Waals surface area contributed by atoms with Crippen molar-refractivity contribution in [3.63, 3.8) is 0 Å². The van der Waals surface area contributed by atoms with E-state index in [1.807, 2.05) is 19.1 Å². The lowest BCUT2D eigenvalue weighted by Crippen LogP contribution is -1.96. The van der Waals surface area contributed by atoms with Crippen molar-refractivity contribution in [1.29, 1.82) is 0 Å². The quantitative estimate of drug-likeness (QED) is 0.879. The molecule has 1 aromatic carbocycles. The van der Waals surface area contributed by atoms with Crippen molar-refractivity contribution in [1.82, 2.24) is 4.98 Å². The van der Waals surface area contributed by atoms with Crippen LogP contribution in [0.25, 0.3) is 0 Å². The van der Waals surface area contributed by atoms with Crippen LogP contribution in [0, 0.1) is 6.92 Å². The Hall–Kier alpha value is -2.36. The zero-order chi connectivity index (χ0) is 12.3. The van der Waals surface area contributed by atoms with Gasteiger partial charge in [-0.1, -0.05) is 6.07 Å². The first-order valence-electron chi connectivity index (χ1n) is 5.09. The molecule has 0 aliphatic heterocycles. The first kappa shape index (κ1) is 11.1. The Morgan fingerprint density at radius 1 is 1.24 bits per heavy atom. The van der Waals surface area contributed by atoms with E-state index in [2.05, 4.69) is 4.98 Å². The summed E-state index contributed by atoms with van der Waals surface area (Å²) >= 11 is 0. The third kappa shape index (κ3) is 2.60. The lowest BCUT2D eigenvalue weighted by molar-refractivity contribution is 0.0697. The molecule has 0 aliphatic carbocycles. The second kappa shape index (κ2) is 4.65. The summed E-state index contributed by atoms with van der Waals surface area (Å²) in [4.78, 5) is 14.8. The Bertz CT molecular complexity index is 535. The second-order valence-electron chi connectivity index (χ2n) is 3.56. The number of ether oxygens (including phenoxy) is 1. The highest BCUT2D eigenvalue weighted by molar-refractivity contribution is 5.87. The molecule has 0 aliphatic rings. The molecule has 0 saturated heterocycles. The summed E-state index contributed by atoms with van der Waals surface area (Å²) in [6, 6.07) is 9.94. The van der Waals surface area contributed by atoms with Gasteiger partial charge in [0.2, 0.25) is 5.88 Å². The minimum absolute atomic E-state index is 0.232. The number of aromatic nitrogens is 1. The molecule has 1 N–H and O–H groups in total. The normalized spacial score (nSPS) is 9.94. The molecule has 1 aromatic heterocycles. The monoisotopic (exact) mass is 229 g/mol. The Morgan fingerprint density at radius 3 is 2.53 bits per heavy atom. The van der Waals surface area contributed by atoms with Crippen molar-refractivity contribution in [2.24, 2.45) is 0 Å². The van der Waals surface area contributed by atoms with Crippen molar-refractivity contribution >= 4 is 5.97 Å². The Labute approximate surface area is 98.5 Å². The number of carbonyl (C=O) groups is 1. The van der Waals surface area contributed by atoms with Crippen molar-refractivity contribution in [3.8, 4) is 11.6 Å². The lowest BCUT2D eigenvalue weighted by Gasteiger charge is -2.06. The highest BCUT2D eigenvalue weighted by Crippen LogP contribution is 2.22. The van der Waals surface area contributed by atoms with Crippen LogP contribution in [0.15, 0.2) is 42.6 Å². The molecule has 86 valence electrons. The standard InChI is InChI=1S/C13H11NO3/c1-9-3-2-8-14-12(9)17-11-6-4-10(5-7-11)13(15)16/h2-8H,1H3,(H,15,16). The van der Waals surface area contributed by atoms with E-state index in [4.69, 9.17) is 9.84 Å². The third-order valence-electron chi connectivity index (χ3n) is 2.28. The van der Waals surface area contributed by atoms with Gasteiger partial charge in [0, 0.05) is 11.8 Å². The number of aryl methyl sites for hydroxylation is 1. The lowest BCUT2D eigenvalue weighted by atomic mass is 10.2. The van der Waals surface area contributed by atoms with Gasteiger partial charge in [0.15, 0.2) is 0 Å². The molecule has 17 heavy (non-hydrogen) atoms. The molecular weight excluding hydrogens is 218 g/mol. The van der Waals surface area contributed by atoms with Crippen molar-refractivity contribution in [2.75, 3.05) is 0 Å². The van der Waals surface area contributed by atoms with E-state index in [1.165, 1.54) is 12.1 Å². The van der Waals surface area contributed by atoms with Gasteiger partial charge in [0.25, 0.3) is 0 Å². The van der Waals surface area contributed by atoms with Gasteiger partial charge in [-0.2, -0.15) is 0 Å². The topological polar surface area (TPSA) is 59.4 Å². The Morgan fingerprint density at radius 2 is 1.94 bits per heavy atom. The predicted molar refractivity (Wildman–Crippen MR) is 62.4 cm³/mol. The number of hydrogen-bond donors (Lipinski definition) is 1. The smallest absolute Gasteiger partial charge is 0.335 e. The number of benzene rings is 1. The van der Waals surface area contributed by atoms with Crippen LogP contribution in [0.5, 0.6) is 11.6 Å². The zero-order valence-corrected chi connectivity index (χ0v) is 9.25. The fraction of sp³-hybridized carbons (Fsp3) is 0.0769. The van der Waals surface area contributed by atoms with Gasteiger partial charge < -0.3 is 9.84 Å². The van der Waals surface area contributed by atoms with E-state index in [0.29, 0.717) is 11.6 Å². The number of hydrogen-bond acceptors (Lipinski definition) is 3. The van der Waals surface area contributed by atoms with Crippen LogP contribution < -0.4 is 4.74 Å². The van der Waals surface area contributed by atoms with Gasteiger partial charge in [0.05, 0.1) is 5.56 Å². The second-order valence-corrected chi connectivity index (χ2v) is 3.56. The molecule has 0 radical (unpaired) electrons. The highest BCUT2D eigenvalue weighted by atomic mass is 16.5. The van der Waals surface area contributed by atoms with E-state index in [1.54, 1.807) is 18.3 Å². The fourth-order valence-corrected chi connectivity index (χ4v) is 1.36. The van der Waals surface area contributed by atoms with Crippen LogP contribution in [0.4, 0.5) is 0 Å². The molecule has 0 spiro atoms. The maximum Gasteiger partial charge on any atom is 0.335 e. The first-order chi connectivity index (χ1) is 8.16. The van der Waals surface area contributed by atoms with E-state index in [9.17, 15) is 4.79 Å². The summed E-state index contributed by atoms with van der Waals surface area (Å²) in [5, 5.41) is 8.76. The largest absolute Gasteiger partial charge is 0.478 e. The molecule has 4 heteroatoms. The van der Waals surface area contributed by atoms with Gasteiger partial charge in [-0.05, 0) is 37.3 Å². The average molecular weight is 229 g/mol. The summed E-state index contributed by atoms with van der Waals surface area (Å²) in [5.74, 6) is 0.137. The number of aromatic carboxylic acids is 1. The van der Waals surface area contributed by atoms with Gasteiger partial charge in [-0.3, -0.25) is 0 Å². The highest BCUT2D eigenvalue weighted by Gasteiger charge is 2.04. The van der Waals surface area contributed by atoms with Crippen molar-refractivity contribution < 1.29 is 14.6 Å². The average Bonchev–Trinajstić information content (AvgIpc) is 2.33. The summed E-state index contributed by atoms with van der Waals surface area (Å²) < 4.78 is 5.54. The first-order valence-corrected chi connectivity index (χ1v) is 5.09.